The highest BCUT2D eigenvalue weighted by Gasteiger charge is 2.13. The lowest BCUT2D eigenvalue weighted by atomic mass is 10.2. The van der Waals surface area contributed by atoms with Gasteiger partial charge in [0.05, 0.1) is 18.9 Å². The fourth-order valence-electron chi connectivity index (χ4n) is 1.67. The zero-order valence-corrected chi connectivity index (χ0v) is 11.7. The average molecular weight is 278 g/mol. The maximum atomic E-state index is 11.2. The van der Waals surface area contributed by atoms with Gasteiger partial charge in [-0.05, 0) is 24.6 Å². The van der Waals surface area contributed by atoms with E-state index in [0.717, 1.165) is 15.8 Å². The second-order valence-corrected chi connectivity index (χ2v) is 4.67. The van der Waals surface area contributed by atoms with Crippen molar-refractivity contribution in [2.75, 3.05) is 19.5 Å². The summed E-state index contributed by atoms with van der Waals surface area (Å²) >= 11 is 1.38. The molecule has 100 valence electrons. The quantitative estimate of drug-likeness (QED) is 0.933. The summed E-state index contributed by atoms with van der Waals surface area (Å²) in [5.74, 6) is 0.678. The lowest BCUT2D eigenvalue weighted by Gasteiger charge is -2.01. The molecule has 0 atom stereocenters. The third kappa shape index (κ3) is 2.68. The van der Waals surface area contributed by atoms with Gasteiger partial charge in [-0.2, -0.15) is 0 Å². The van der Waals surface area contributed by atoms with Crippen molar-refractivity contribution in [3.8, 4) is 5.75 Å². The number of hydrogen-bond acceptors (Lipinski definition) is 5. The van der Waals surface area contributed by atoms with E-state index in [1.807, 2.05) is 31.2 Å². The molecule has 0 fully saturated rings. The molecule has 19 heavy (non-hydrogen) atoms. The molecule has 1 aromatic carbocycles. The van der Waals surface area contributed by atoms with E-state index < -0.39 is 6.09 Å². The molecule has 0 bridgehead atoms. The van der Waals surface area contributed by atoms with E-state index in [9.17, 15) is 4.79 Å². The lowest BCUT2D eigenvalue weighted by Crippen LogP contribution is -2.10. The molecular formula is C13H14N2O3S. The van der Waals surface area contributed by atoms with E-state index >= 15 is 0 Å². The van der Waals surface area contributed by atoms with E-state index in [0.29, 0.717) is 10.9 Å². The molecule has 0 radical (unpaired) electrons. The largest absolute Gasteiger partial charge is 0.494 e. The van der Waals surface area contributed by atoms with Crippen molar-refractivity contribution >= 4 is 38.9 Å². The van der Waals surface area contributed by atoms with E-state index in [-0.39, 0.29) is 0 Å². The van der Waals surface area contributed by atoms with Crippen LogP contribution in [0.4, 0.5) is 9.93 Å². The number of ether oxygens (including phenoxy) is 2. The summed E-state index contributed by atoms with van der Waals surface area (Å²) in [6.07, 6.45) is 3.40. The SMILES string of the molecule is C/C=C\c1ccc(OC)c2nc(NC(=O)OC)sc12. The minimum absolute atomic E-state index is 0.483. The van der Waals surface area contributed by atoms with Crippen LogP contribution in [0.25, 0.3) is 16.3 Å². The molecule has 0 aliphatic heterocycles. The van der Waals surface area contributed by atoms with Crippen molar-refractivity contribution in [2.24, 2.45) is 0 Å². The predicted molar refractivity (Wildman–Crippen MR) is 76.9 cm³/mol. The highest BCUT2D eigenvalue weighted by atomic mass is 32.1. The number of benzene rings is 1. The van der Waals surface area contributed by atoms with E-state index in [1.165, 1.54) is 18.4 Å². The number of hydrogen-bond donors (Lipinski definition) is 1. The number of amides is 1. The second kappa shape index (κ2) is 5.71. The summed E-state index contributed by atoms with van der Waals surface area (Å²) in [6.45, 7) is 1.95. The van der Waals surface area contributed by atoms with Gasteiger partial charge in [-0.3, -0.25) is 5.32 Å². The monoisotopic (exact) mass is 278 g/mol. The van der Waals surface area contributed by atoms with Gasteiger partial charge in [0.1, 0.15) is 11.3 Å². The van der Waals surface area contributed by atoms with Crippen molar-refractivity contribution in [1.82, 2.24) is 4.98 Å². The number of fused-ring (bicyclic) bond motifs is 1. The van der Waals surface area contributed by atoms with Crippen molar-refractivity contribution in [3.05, 3.63) is 23.8 Å². The first kappa shape index (κ1) is 13.4. The number of allylic oxidation sites excluding steroid dienone is 1. The van der Waals surface area contributed by atoms with Crippen LogP contribution in [0.1, 0.15) is 12.5 Å². The molecule has 0 unspecified atom stereocenters. The molecule has 0 spiro atoms. The highest BCUT2D eigenvalue weighted by molar-refractivity contribution is 7.22. The van der Waals surface area contributed by atoms with Crippen LogP contribution in [-0.2, 0) is 4.74 Å². The number of carbonyl (C=O) groups is 1. The maximum Gasteiger partial charge on any atom is 0.413 e. The van der Waals surface area contributed by atoms with Gasteiger partial charge in [-0.25, -0.2) is 9.78 Å². The Kier molecular flexibility index (Phi) is 4.01. The number of aromatic nitrogens is 1. The zero-order chi connectivity index (χ0) is 13.8. The zero-order valence-electron chi connectivity index (χ0n) is 10.9. The van der Waals surface area contributed by atoms with E-state index in [1.54, 1.807) is 7.11 Å². The van der Waals surface area contributed by atoms with Crippen LogP contribution in [-0.4, -0.2) is 25.3 Å². The Morgan fingerprint density at radius 1 is 1.42 bits per heavy atom. The smallest absolute Gasteiger partial charge is 0.413 e. The number of carbonyl (C=O) groups excluding carboxylic acids is 1. The molecule has 1 heterocycles. The Balaban J connectivity index is 2.54. The van der Waals surface area contributed by atoms with Gasteiger partial charge in [-0.15, -0.1) is 0 Å². The lowest BCUT2D eigenvalue weighted by molar-refractivity contribution is 0.187. The highest BCUT2D eigenvalue weighted by Crippen LogP contribution is 2.35. The topological polar surface area (TPSA) is 60.5 Å². The first-order valence-electron chi connectivity index (χ1n) is 5.64. The van der Waals surface area contributed by atoms with Crippen LogP contribution in [0.3, 0.4) is 0 Å². The Morgan fingerprint density at radius 3 is 2.84 bits per heavy atom. The third-order valence-corrected chi connectivity index (χ3v) is 3.52. The standard InChI is InChI=1S/C13H14N2O3S/c1-4-5-8-6-7-9(17-2)10-11(8)19-12(14-10)15-13(16)18-3/h4-7H,1-3H3,(H,14,15,16)/b5-4-. The van der Waals surface area contributed by atoms with Gasteiger partial charge < -0.3 is 9.47 Å². The molecule has 0 aliphatic rings. The molecule has 0 aliphatic carbocycles. The van der Waals surface area contributed by atoms with Gasteiger partial charge in [-0.1, -0.05) is 23.5 Å². The van der Waals surface area contributed by atoms with Crippen LogP contribution in [0.15, 0.2) is 18.2 Å². The minimum Gasteiger partial charge on any atom is -0.494 e. The van der Waals surface area contributed by atoms with Crippen LogP contribution < -0.4 is 10.1 Å². The number of anilines is 1. The molecule has 0 saturated heterocycles. The Morgan fingerprint density at radius 2 is 2.21 bits per heavy atom. The summed E-state index contributed by atoms with van der Waals surface area (Å²) in [6, 6.07) is 3.82. The number of rotatable bonds is 3. The number of thiazole rings is 1. The summed E-state index contributed by atoms with van der Waals surface area (Å²) in [7, 11) is 2.91. The van der Waals surface area contributed by atoms with Crippen molar-refractivity contribution in [3.63, 3.8) is 0 Å². The summed E-state index contributed by atoms with van der Waals surface area (Å²) in [5.41, 5.74) is 1.77. The van der Waals surface area contributed by atoms with Crippen molar-refractivity contribution < 1.29 is 14.3 Å². The Labute approximate surface area is 114 Å². The first-order chi connectivity index (χ1) is 9.19. The molecule has 2 rings (SSSR count). The maximum absolute atomic E-state index is 11.2. The fourth-order valence-corrected chi connectivity index (χ4v) is 2.63. The summed E-state index contributed by atoms with van der Waals surface area (Å²) in [5, 5.41) is 3.05. The molecule has 1 aromatic heterocycles. The van der Waals surface area contributed by atoms with Gasteiger partial charge in [0, 0.05) is 0 Å². The minimum atomic E-state index is -0.536. The second-order valence-electron chi connectivity index (χ2n) is 3.67. The van der Waals surface area contributed by atoms with Gasteiger partial charge in [0.25, 0.3) is 0 Å². The molecule has 6 heteroatoms. The first-order valence-corrected chi connectivity index (χ1v) is 6.46. The molecular weight excluding hydrogens is 264 g/mol. The van der Waals surface area contributed by atoms with Crippen LogP contribution in [0.5, 0.6) is 5.75 Å². The number of nitrogens with one attached hydrogen (secondary N) is 1. The summed E-state index contributed by atoms with van der Waals surface area (Å²) in [4.78, 5) is 15.6. The Bertz CT molecular complexity index is 634. The van der Waals surface area contributed by atoms with Crippen molar-refractivity contribution in [2.45, 2.75) is 6.92 Å². The number of nitrogens with zero attached hydrogens (tertiary/aromatic N) is 1. The Hall–Kier alpha value is -2.08. The van der Waals surface area contributed by atoms with E-state index in [2.05, 4.69) is 15.0 Å². The van der Waals surface area contributed by atoms with Crippen LogP contribution in [0.2, 0.25) is 0 Å². The number of methoxy groups -OCH3 is 2. The van der Waals surface area contributed by atoms with Crippen LogP contribution in [0, 0.1) is 0 Å². The van der Waals surface area contributed by atoms with Gasteiger partial charge in [0.2, 0.25) is 0 Å². The molecule has 0 saturated carbocycles. The van der Waals surface area contributed by atoms with Crippen LogP contribution >= 0.6 is 11.3 Å². The van der Waals surface area contributed by atoms with Gasteiger partial charge in [0.15, 0.2) is 5.13 Å². The normalized spacial score (nSPS) is 10.9. The predicted octanol–water partition coefficient (Wildman–Crippen LogP) is 3.52. The molecule has 1 N–H and O–H groups in total. The fraction of sp³-hybridized carbons (Fsp3) is 0.231. The average Bonchev–Trinajstić information content (AvgIpc) is 2.83. The van der Waals surface area contributed by atoms with Gasteiger partial charge >= 0.3 is 6.09 Å². The van der Waals surface area contributed by atoms with Crippen molar-refractivity contribution in [1.29, 1.82) is 0 Å². The van der Waals surface area contributed by atoms with E-state index in [4.69, 9.17) is 4.74 Å². The summed E-state index contributed by atoms with van der Waals surface area (Å²) < 4.78 is 10.8. The molecule has 2 aromatic rings. The molecule has 5 nitrogen and oxygen atoms in total. The molecule has 1 amide bonds. The third-order valence-electron chi connectivity index (χ3n) is 2.50.